The third-order valence-corrected chi connectivity index (χ3v) is 6.78. The van der Waals surface area contributed by atoms with Crippen LogP contribution in [-0.4, -0.2) is 56.2 Å². The zero-order valence-electron chi connectivity index (χ0n) is 24.0. The number of nitrogens with zero attached hydrogens (tertiary/aromatic N) is 2. The molecule has 0 fully saturated rings. The molecule has 0 aliphatic carbocycles. The van der Waals surface area contributed by atoms with E-state index in [9.17, 15) is 19.8 Å². The van der Waals surface area contributed by atoms with E-state index in [-0.39, 0.29) is 49.7 Å². The number of aromatic nitrogens is 2. The third-order valence-electron chi connectivity index (χ3n) is 6.49. The van der Waals surface area contributed by atoms with Gasteiger partial charge in [-0.2, -0.15) is 0 Å². The summed E-state index contributed by atoms with van der Waals surface area (Å²) in [6, 6.07) is 15.9. The maximum absolute atomic E-state index is 13.1. The van der Waals surface area contributed by atoms with E-state index in [1.54, 1.807) is 25.1 Å². The van der Waals surface area contributed by atoms with Crippen molar-refractivity contribution in [3.05, 3.63) is 88.7 Å². The molecule has 0 bridgehead atoms. The van der Waals surface area contributed by atoms with Crippen molar-refractivity contribution >= 4 is 29.1 Å². The first kappa shape index (κ1) is 33.6. The molecule has 0 spiro atoms. The van der Waals surface area contributed by atoms with Crippen molar-refractivity contribution in [1.29, 1.82) is 0 Å². The molecular weight excluding hydrogens is 782 g/mol. The molecule has 11 heteroatoms. The van der Waals surface area contributed by atoms with Crippen LogP contribution >= 0.6 is 11.6 Å². The number of fused-ring (bicyclic) bond motifs is 1. The molecule has 1 unspecified atom stereocenters. The molecule has 2 amide bonds. The van der Waals surface area contributed by atoms with Crippen molar-refractivity contribution in [3.63, 3.8) is 0 Å². The molecule has 42 heavy (non-hydrogen) atoms. The van der Waals surface area contributed by atoms with Gasteiger partial charge in [-0.15, -0.1) is 0 Å². The molecule has 2 heterocycles. The third kappa shape index (κ3) is 8.59. The van der Waals surface area contributed by atoms with Crippen LogP contribution in [0.5, 0.6) is 5.75 Å². The molecule has 220 valence electrons. The summed E-state index contributed by atoms with van der Waals surface area (Å²) >= 11 is 6.33. The summed E-state index contributed by atoms with van der Waals surface area (Å²) in [6.07, 6.45) is 2.35. The average molecular weight is 817 g/mol. The van der Waals surface area contributed by atoms with Gasteiger partial charge in [-0.05, 0) is 63.9 Å². The van der Waals surface area contributed by atoms with Gasteiger partial charge in [0.1, 0.15) is 17.5 Å². The molecule has 3 atom stereocenters. The fourth-order valence-corrected chi connectivity index (χ4v) is 4.63. The summed E-state index contributed by atoms with van der Waals surface area (Å²) in [4.78, 5) is 29.9. The number of rotatable bonds is 11. The molecule has 0 aliphatic rings. The van der Waals surface area contributed by atoms with E-state index in [4.69, 9.17) is 21.3 Å². The second kappa shape index (κ2) is 15.0. The number of carbonyl (C=O) groups excluding carboxylic acids is 2. The SMILES string of the molecule is CC(C)Oc1ccc(C(=O)N[C@H](CNC(=O)[C@H](C)O)Cc2ccc(-c3cn4cccc(C(C)O)c4n3)cc2)cc1Cl.[U]. The van der Waals surface area contributed by atoms with Gasteiger partial charge in [0, 0.05) is 66.7 Å². The van der Waals surface area contributed by atoms with Crippen LogP contribution in [0.1, 0.15) is 55.3 Å². The van der Waals surface area contributed by atoms with Gasteiger partial charge in [-0.25, -0.2) is 4.98 Å². The van der Waals surface area contributed by atoms with Gasteiger partial charge < -0.3 is 30.0 Å². The maximum atomic E-state index is 13.1. The van der Waals surface area contributed by atoms with Crippen molar-refractivity contribution < 1.29 is 55.7 Å². The van der Waals surface area contributed by atoms with Gasteiger partial charge in [0.05, 0.1) is 29.0 Å². The van der Waals surface area contributed by atoms with E-state index in [1.165, 1.54) is 6.92 Å². The zero-order chi connectivity index (χ0) is 29.7. The second-order valence-electron chi connectivity index (χ2n) is 10.3. The number of halogens is 1. The van der Waals surface area contributed by atoms with Crippen LogP contribution in [0.25, 0.3) is 16.9 Å². The Morgan fingerprint density at radius 3 is 2.38 bits per heavy atom. The topological polar surface area (TPSA) is 125 Å². The Bertz CT molecular complexity index is 1520. The van der Waals surface area contributed by atoms with Crippen LogP contribution in [0.3, 0.4) is 0 Å². The summed E-state index contributed by atoms with van der Waals surface area (Å²) in [5.41, 5.74) is 4.39. The summed E-state index contributed by atoms with van der Waals surface area (Å²) in [7, 11) is 0. The number of benzene rings is 2. The largest absolute Gasteiger partial charge is 0.489 e. The molecule has 0 saturated heterocycles. The molecule has 0 radical (unpaired) electrons. The molecule has 4 aromatic rings. The van der Waals surface area contributed by atoms with Crippen molar-refractivity contribution in [2.45, 2.75) is 58.5 Å². The van der Waals surface area contributed by atoms with Gasteiger partial charge in [-0.1, -0.05) is 41.9 Å². The van der Waals surface area contributed by atoms with Gasteiger partial charge >= 0.3 is 0 Å². The Morgan fingerprint density at radius 1 is 1.05 bits per heavy atom. The number of imidazole rings is 1. The predicted molar refractivity (Wildman–Crippen MR) is 158 cm³/mol. The second-order valence-corrected chi connectivity index (χ2v) is 10.7. The number of carbonyl (C=O) groups is 2. The van der Waals surface area contributed by atoms with Crippen LogP contribution < -0.4 is 15.4 Å². The molecule has 2 aromatic heterocycles. The number of hydrogen-bond donors (Lipinski definition) is 4. The molecule has 2 aromatic carbocycles. The van der Waals surface area contributed by atoms with Crippen LogP contribution in [0, 0.1) is 31.1 Å². The first-order valence-corrected chi connectivity index (χ1v) is 13.9. The number of aliphatic hydroxyl groups is 2. The summed E-state index contributed by atoms with van der Waals surface area (Å²) in [5.74, 6) is -0.387. The molecule has 0 saturated carbocycles. The number of hydrogen-bond acceptors (Lipinski definition) is 6. The van der Waals surface area contributed by atoms with Crippen molar-refractivity contribution in [2.24, 2.45) is 0 Å². The van der Waals surface area contributed by atoms with Gasteiger partial charge in [0.2, 0.25) is 5.91 Å². The number of ether oxygens (including phenoxy) is 1. The number of amides is 2. The molecule has 4 N–H and O–H groups in total. The molecule has 0 aliphatic heterocycles. The van der Waals surface area contributed by atoms with E-state index in [1.807, 2.05) is 67.0 Å². The van der Waals surface area contributed by atoms with E-state index in [0.717, 1.165) is 22.4 Å². The van der Waals surface area contributed by atoms with Gasteiger partial charge in [-0.3, -0.25) is 9.59 Å². The van der Waals surface area contributed by atoms with Gasteiger partial charge in [0.25, 0.3) is 5.91 Å². The Morgan fingerprint density at radius 2 is 1.76 bits per heavy atom. The van der Waals surface area contributed by atoms with E-state index >= 15 is 0 Å². The van der Waals surface area contributed by atoms with Crippen molar-refractivity contribution in [2.75, 3.05) is 6.54 Å². The Labute approximate surface area is 274 Å². The van der Waals surface area contributed by atoms with E-state index < -0.39 is 24.2 Å². The maximum Gasteiger partial charge on any atom is 0.251 e. The standard InChI is InChI=1S/C31H35ClN4O5.U/c1-18(2)41-28-12-11-23(15-26(28)32)31(40)34-24(16-33-30(39)20(4)38)14-21-7-9-22(10-8-21)27-17-36-13-5-6-25(19(3)37)29(36)35-27;/h5-13,15,17-20,24,37-38H,14,16H2,1-4H3,(H,33,39)(H,34,40);/t19?,20-,24-;/m0./s1. The first-order chi connectivity index (χ1) is 19.5. The normalized spacial score (nSPS) is 13.2. The number of pyridine rings is 1. The van der Waals surface area contributed by atoms with Crippen LogP contribution in [0.4, 0.5) is 0 Å². The van der Waals surface area contributed by atoms with Crippen LogP contribution in [-0.2, 0) is 11.2 Å². The van der Waals surface area contributed by atoms with Crippen LogP contribution in [0.15, 0.2) is 67.0 Å². The molecule has 4 rings (SSSR count). The Kier molecular flexibility index (Phi) is 12.0. The number of nitrogens with one attached hydrogen (secondary N) is 2. The summed E-state index contributed by atoms with van der Waals surface area (Å²) < 4.78 is 7.53. The summed E-state index contributed by atoms with van der Waals surface area (Å²) in [6.45, 7) is 6.99. The monoisotopic (exact) mass is 816 g/mol. The minimum atomic E-state index is -1.17. The quantitative estimate of drug-likeness (QED) is 0.179. The molecular formula is C31H35ClN4O5U. The minimum absolute atomic E-state index is 0. The number of aliphatic hydroxyl groups excluding tert-OH is 2. The Balaban J connectivity index is 0.00000484. The predicted octanol–water partition coefficient (Wildman–Crippen LogP) is 4.33. The van der Waals surface area contributed by atoms with Crippen molar-refractivity contribution in [3.8, 4) is 17.0 Å². The summed E-state index contributed by atoms with van der Waals surface area (Å²) in [5, 5.41) is 25.7. The minimum Gasteiger partial charge on any atom is -0.489 e. The smallest absolute Gasteiger partial charge is 0.251 e. The fraction of sp³-hybridized carbons (Fsp3) is 0.323. The van der Waals surface area contributed by atoms with E-state index in [0.29, 0.717) is 28.4 Å². The zero-order valence-corrected chi connectivity index (χ0v) is 28.9. The Hall–Kier alpha value is -2.87. The van der Waals surface area contributed by atoms with Gasteiger partial charge in [0.15, 0.2) is 0 Å². The first-order valence-electron chi connectivity index (χ1n) is 13.5. The molecule has 9 nitrogen and oxygen atoms in total. The van der Waals surface area contributed by atoms with Crippen LogP contribution in [0.2, 0.25) is 5.02 Å². The van der Waals surface area contributed by atoms with E-state index in [2.05, 4.69) is 10.6 Å². The average Bonchev–Trinajstić information content (AvgIpc) is 3.37. The fourth-order valence-electron chi connectivity index (χ4n) is 4.40. The van der Waals surface area contributed by atoms with Crippen molar-refractivity contribution in [1.82, 2.24) is 20.0 Å².